The van der Waals surface area contributed by atoms with Crippen LogP contribution in [0.4, 0.5) is 0 Å². The van der Waals surface area contributed by atoms with Gasteiger partial charge in [0.2, 0.25) is 5.76 Å². The molecule has 12 heavy (non-hydrogen) atoms. The summed E-state index contributed by atoms with van der Waals surface area (Å²) in [5, 5.41) is 8.13. The average molecular weight is 167 g/mol. The molecule has 1 aliphatic heterocycles. The highest BCUT2D eigenvalue weighted by atomic mass is 16.6. The van der Waals surface area contributed by atoms with Gasteiger partial charge in [0.25, 0.3) is 0 Å². The number of nitrogens with zero attached hydrogens (tertiary/aromatic N) is 1. The SMILES string of the molecule is N#CCCOC1=CC(=O)OC1=O. The molecule has 0 N–H and O–H groups in total. The van der Waals surface area contributed by atoms with Crippen LogP contribution in [-0.2, 0) is 19.1 Å². The van der Waals surface area contributed by atoms with Crippen molar-refractivity contribution in [3.63, 3.8) is 0 Å². The number of cyclic esters (lactones) is 2. The minimum Gasteiger partial charge on any atom is -0.485 e. The van der Waals surface area contributed by atoms with Crippen LogP contribution in [0.2, 0.25) is 0 Å². The lowest BCUT2D eigenvalue weighted by Crippen LogP contribution is -2.05. The predicted molar refractivity (Wildman–Crippen MR) is 35.4 cm³/mol. The fourth-order valence-corrected chi connectivity index (χ4v) is 0.644. The summed E-state index contributed by atoms with van der Waals surface area (Å²) in [5.41, 5.74) is 0. The van der Waals surface area contributed by atoms with Gasteiger partial charge in [0.05, 0.1) is 18.6 Å². The summed E-state index contributed by atoms with van der Waals surface area (Å²) in [4.78, 5) is 21.1. The van der Waals surface area contributed by atoms with E-state index in [0.29, 0.717) is 0 Å². The minimum absolute atomic E-state index is 0.0880. The number of hydrogen-bond donors (Lipinski definition) is 0. The lowest BCUT2D eigenvalue weighted by molar-refractivity contribution is -0.152. The number of esters is 2. The van der Waals surface area contributed by atoms with Crippen LogP contribution in [0.5, 0.6) is 0 Å². The normalized spacial score (nSPS) is 15.1. The topological polar surface area (TPSA) is 76.4 Å². The van der Waals surface area contributed by atoms with E-state index in [2.05, 4.69) is 4.74 Å². The Morgan fingerprint density at radius 3 is 2.83 bits per heavy atom. The second-order valence-electron chi connectivity index (χ2n) is 1.97. The van der Waals surface area contributed by atoms with E-state index in [1.165, 1.54) is 0 Å². The lowest BCUT2D eigenvalue weighted by atomic mass is 10.4. The standard InChI is InChI=1S/C7H5NO4/c8-2-1-3-11-5-4-6(9)12-7(5)10/h4H,1,3H2. The van der Waals surface area contributed by atoms with Crippen molar-refractivity contribution in [3.05, 3.63) is 11.8 Å². The third-order valence-corrected chi connectivity index (χ3v) is 1.11. The van der Waals surface area contributed by atoms with Crippen LogP contribution in [0.1, 0.15) is 6.42 Å². The smallest absolute Gasteiger partial charge is 0.381 e. The molecule has 0 atom stereocenters. The largest absolute Gasteiger partial charge is 0.485 e. The maximum Gasteiger partial charge on any atom is 0.381 e. The molecule has 0 aromatic carbocycles. The molecule has 0 aromatic rings. The van der Waals surface area contributed by atoms with Gasteiger partial charge >= 0.3 is 11.9 Å². The molecule has 1 heterocycles. The maximum absolute atomic E-state index is 10.7. The molecule has 0 saturated heterocycles. The molecular weight excluding hydrogens is 162 g/mol. The molecular formula is C7H5NO4. The molecule has 1 rings (SSSR count). The van der Waals surface area contributed by atoms with Crippen LogP contribution in [0.3, 0.4) is 0 Å². The van der Waals surface area contributed by atoms with E-state index in [1.54, 1.807) is 0 Å². The van der Waals surface area contributed by atoms with Gasteiger partial charge in [0.1, 0.15) is 6.61 Å². The number of nitriles is 1. The van der Waals surface area contributed by atoms with E-state index in [4.69, 9.17) is 10.00 Å². The Morgan fingerprint density at radius 1 is 1.58 bits per heavy atom. The summed E-state index contributed by atoms with van der Waals surface area (Å²) in [5.74, 6) is -1.65. The zero-order valence-corrected chi connectivity index (χ0v) is 6.07. The van der Waals surface area contributed by atoms with Crippen LogP contribution in [0.25, 0.3) is 0 Å². The summed E-state index contributed by atoms with van der Waals surface area (Å²) in [6, 6.07) is 1.83. The Morgan fingerprint density at radius 2 is 2.33 bits per heavy atom. The van der Waals surface area contributed by atoms with Gasteiger partial charge < -0.3 is 9.47 Å². The molecule has 0 spiro atoms. The second kappa shape index (κ2) is 3.53. The molecule has 1 aliphatic rings. The molecule has 5 heteroatoms. The first-order valence-electron chi connectivity index (χ1n) is 3.21. The van der Waals surface area contributed by atoms with Crippen molar-refractivity contribution < 1.29 is 19.1 Å². The number of ether oxygens (including phenoxy) is 2. The van der Waals surface area contributed by atoms with Gasteiger partial charge in [-0.05, 0) is 0 Å². The molecule has 0 unspecified atom stereocenters. The van der Waals surface area contributed by atoms with Crippen molar-refractivity contribution in [3.8, 4) is 6.07 Å². The Labute approximate surface area is 68.2 Å². The first-order chi connectivity index (χ1) is 5.74. The zero-order valence-electron chi connectivity index (χ0n) is 6.07. The van der Waals surface area contributed by atoms with Gasteiger partial charge in [0.15, 0.2) is 0 Å². The van der Waals surface area contributed by atoms with Crippen molar-refractivity contribution in [1.29, 1.82) is 5.26 Å². The Balaban J connectivity index is 2.43. The van der Waals surface area contributed by atoms with Crippen LogP contribution in [0.15, 0.2) is 11.8 Å². The fraction of sp³-hybridized carbons (Fsp3) is 0.286. The van der Waals surface area contributed by atoms with Crippen LogP contribution in [-0.4, -0.2) is 18.5 Å². The number of carbonyl (C=O) groups excluding carboxylic acids is 2. The predicted octanol–water partition coefficient (Wildman–Crippen LogP) is -0.116. The van der Waals surface area contributed by atoms with Gasteiger partial charge in [-0.3, -0.25) is 0 Å². The molecule has 0 saturated carbocycles. The molecule has 62 valence electrons. The highest BCUT2D eigenvalue weighted by molar-refractivity contribution is 6.07. The fourth-order valence-electron chi connectivity index (χ4n) is 0.644. The van der Waals surface area contributed by atoms with Gasteiger partial charge in [-0.15, -0.1) is 0 Å². The number of rotatable bonds is 3. The molecule has 0 bridgehead atoms. The van der Waals surface area contributed by atoms with Crippen molar-refractivity contribution >= 4 is 11.9 Å². The second-order valence-corrected chi connectivity index (χ2v) is 1.97. The van der Waals surface area contributed by atoms with Gasteiger partial charge in [-0.25, -0.2) is 9.59 Å². The van der Waals surface area contributed by atoms with Crippen LogP contribution < -0.4 is 0 Å². The van der Waals surface area contributed by atoms with E-state index < -0.39 is 11.9 Å². The first-order valence-corrected chi connectivity index (χ1v) is 3.21. The highest BCUT2D eigenvalue weighted by Gasteiger charge is 2.24. The van der Waals surface area contributed by atoms with Gasteiger partial charge in [-0.2, -0.15) is 5.26 Å². The first kappa shape index (κ1) is 8.27. The van der Waals surface area contributed by atoms with E-state index in [-0.39, 0.29) is 18.8 Å². The molecule has 0 aromatic heterocycles. The van der Waals surface area contributed by atoms with E-state index in [1.807, 2.05) is 6.07 Å². The third kappa shape index (κ3) is 1.83. The zero-order chi connectivity index (χ0) is 8.97. The number of hydrogen-bond acceptors (Lipinski definition) is 5. The van der Waals surface area contributed by atoms with E-state index in [9.17, 15) is 9.59 Å². The molecule has 0 amide bonds. The molecule has 0 aliphatic carbocycles. The number of carbonyl (C=O) groups is 2. The van der Waals surface area contributed by atoms with Crippen molar-refractivity contribution in [1.82, 2.24) is 0 Å². The summed E-state index contributed by atoms with van der Waals surface area (Å²) in [6.07, 6.45) is 1.12. The van der Waals surface area contributed by atoms with Crippen molar-refractivity contribution in [2.75, 3.05) is 6.61 Å². The summed E-state index contributed by atoms with van der Waals surface area (Å²) in [7, 11) is 0. The minimum atomic E-state index is -0.794. The summed E-state index contributed by atoms with van der Waals surface area (Å²) < 4.78 is 8.90. The lowest BCUT2D eigenvalue weighted by Gasteiger charge is -1.98. The molecule has 5 nitrogen and oxygen atoms in total. The molecule has 0 fully saturated rings. The van der Waals surface area contributed by atoms with Crippen LogP contribution in [0, 0.1) is 11.3 Å². The molecule has 0 radical (unpaired) electrons. The van der Waals surface area contributed by atoms with Gasteiger partial charge in [-0.1, -0.05) is 0 Å². The summed E-state index contributed by atoms with van der Waals surface area (Å²) in [6.45, 7) is 0.0880. The van der Waals surface area contributed by atoms with Crippen molar-refractivity contribution in [2.45, 2.75) is 6.42 Å². The van der Waals surface area contributed by atoms with Crippen molar-refractivity contribution in [2.24, 2.45) is 0 Å². The van der Waals surface area contributed by atoms with Gasteiger partial charge in [0, 0.05) is 0 Å². The van der Waals surface area contributed by atoms with E-state index >= 15 is 0 Å². The maximum atomic E-state index is 10.7. The quantitative estimate of drug-likeness (QED) is 0.333. The van der Waals surface area contributed by atoms with E-state index in [0.717, 1.165) is 6.08 Å². The van der Waals surface area contributed by atoms with Crippen LogP contribution >= 0.6 is 0 Å². The highest BCUT2D eigenvalue weighted by Crippen LogP contribution is 2.09. The average Bonchev–Trinajstić information content (AvgIpc) is 2.31. The monoisotopic (exact) mass is 167 g/mol. The third-order valence-electron chi connectivity index (χ3n) is 1.11. The Bertz CT molecular complexity index is 286. The summed E-state index contributed by atoms with van der Waals surface area (Å²) >= 11 is 0. The Kier molecular flexibility index (Phi) is 2.43. The Hall–Kier alpha value is -1.83.